The molecule has 0 amide bonds. The maximum atomic E-state index is 11.8. The number of thioether (sulfide) groups is 1. The second-order valence-electron chi connectivity index (χ2n) is 5.50. The highest BCUT2D eigenvalue weighted by Gasteiger charge is 2.21. The van der Waals surface area contributed by atoms with Crippen molar-refractivity contribution >= 4 is 23.4 Å². The van der Waals surface area contributed by atoms with Crippen molar-refractivity contribution in [1.82, 2.24) is 0 Å². The lowest BCUT2D eigenvalue weighted by molar-refractivity contribution is 0.0378. The molecule has 0 aromatic heterocycles. The minimum absolute atomic E-state index is 0.0829. The predicted octanol–water partition coefficient (Wildman–Crippen LogP) is 3.95. The van der Waals surface area contributed by atoms with E-state index in [1.165, 1.54) is 18.6 Å². The SMILES string of the molecule is CC(C)OC(=O)c1ccc(NC2CCCSC2C)cc1. The van der Waals surface area contributed by atoms with E-state index < -0.39 is 0 Å². The third kappa shape index (κ3) is 4.17. The molecule has 0 aliphatic carbocycles. The number of carbonyl (C=O) groups is 1. The fourth-order valence-electron chi connectivity index (χ4n) is 2.31. The van der Waals surface area contributed by atoms with Gasteiger partial charge in [0.25, 0.3) is 0 Å². The van der Waals surface area contributed by atoms with Crippen molar-refractivity contribution in [2.45, 2.75) is 51.0 Å². The van der Waals surface area contributed by atoms with Crippen molar-refractivity contribution < 1.29 is 9.53 Å². The third-order valence-electron chi connectivity index (χ3n) is 3.42. The lowest BCUT2D eigenvalue weighted by atomic mass is 10.1. The summed E-state index contributed by atoms with van der Waals surface area (Å²) >= 11 is 2.02. The zero-order valence-corrected chi connectivity index (χ0v) is 13.2. The van der Waals surface area contributed by atoms with E-state index in [2.05, 4.69) is 12.2 Å². The molecular formula is C16H23NO2S. The van der Waals surface area contributed by atoms with Crippen LogP contribution in [0.1, 0.15) is 44.0 Å². The van der Waals surface area contributed by atoms with Gasteiger partial charge < -0.3 is 10.1 Å². The van der Waals surface area contributed by atoms with E-state index in [4.69, 9.17) is 4.74 Å². The van der Waals surface area contributed by atoms with Gasteiger partial charge in [0, 0.05) is 17.0 Å². The molecule has 2 unspecified atom stereocenters. The van der Waals surface area contributed by atoms with Crippen molar-refractivity contribution in [2.24, 2.45) is 0 Å². The van der Waals surface area contributed by atoms with Gasteiger partial charge in [0.15, 0.2) is 0 Å². The van der Waals surface area contributed by atoms with Crippen LogP contribution in [0.5, 0.6) is 0 Å². The van der Waals surface area contributed by atoms with E-state index >= 15 is 0 Å². The molecule has 0 saturated carbocycles. The summed E-state index contributed by atoms with van der Waals surface area (Å²) in [6.45, 7) is 5.99. The second kappa shape index (κ2) is 7.02. The summed E-state index contributed by atoms with van der Waals surface area (Å²) in [7, 11) is 0. The Morgan fingerprint density at radius 1 is 1.35 bits per heavy atom. The summed E-state index contributed by atoms with van der Waals surface area (Å²) in [5.74, 6) is 1.01. The highest BCUT2D eigenvalue weighted by atomic mass is 32.2. The van der Waals surface area contributed by atoms with Gasteiger partial charge in [0.05, 0.1) is 11.7 Å². The lowest BCUT2D eigenvalue weighted by Crippen LogP contribution is -2.32. The molecule has 0 bridgehead atoms. The maximum absolute atomic E-state index is 11.8. The number of hydrogen-bond acceptors (Lipinski definition) is 4. The summed E-state index contributed by atoms with van der Waals surface area (Å²) in [6, 6.07) is 8.09. The first-order chi connectivity index (χ1) is 9.56. The van der Waals surface area contributed by atoms with Crippen molar-refractivity contribution in [3.8, 4) is 0 Å². The van der Waals surface area contributed by atoms with Crippen LogP contribution in [0.15, 0.2) is 24.3 Å². The summed E-state index contributed by atoms with van der Waals surface area (Å²) < 4.78 is 5.18. The molecule has 1 N–H and O–H groups in total. The Labute approximate surface area is 125 Å². The van der Waals surface area contributed by atoms with Crippen molar-refractivity contribution in [3.63, 3.8) is 0 Å². The van der Waals surface area contributed by atoms with Crippen molar-refractivity contribution in [2.75, 3.05) is 11.1 Å². The molecule has 1 aromatic rings. The molecule has 110 valence electrons. The Bertz CT molecular complexity index is 444. The first kappa shape index (κ1) is 15.2. The van der Waals surface area contributed by atoms with Gasteiger partial charge in [0.2, 0.25) is 0 Å². The van der Waals surface area contributed by atoms with Crippen molar-refractivity contribution in [1.29, 1.82) is 0 Å². The second-order valence-corrected chi connectivity index (χ2v) is 6.99. The number of benzene rings is 1. The highest BCUT2D eigenvalue weighted by Crippen LogP contribution is 2.27. The lowest BCUT2D eigenvalue weighted by Gasteiger charge is -2.30. The molecule has 1 aliphatic rings. The van der Waals surface area contributed by atoms with Crippen LogP contribution in [-0.2, 0) is 4.74 Å². The van der Waals surface area contributed by atoms with Gasteiger partial charge in [-0.1, -0.05) is 6.92 Å². The van der Waals surface area contributed by atoms with E-state index in [1.807, 2.05) is 49.9 Å². The Hall–Kier alpha value is -1.16. The fraction of sp³-hybridized carbons (Fsp3) is 0.562. The van der Waals surface area contributed by atoms with Gasteiger partial charge in [-0.3, -0.25) is 0 Å². The molecular weight excluding hydrogens is 270 g/mol. The molecule has 1 aromatic carbocycles. The number of esters is 1. The minimum Gasteiger partial charge on any atom is -0.459 e. The Morgan fingerprint density at radius 3 is 2.65 bits per heavy atom. The van der Waals surface area contributed by atoms with Crippen LogP contribution in [0, 0.1) is 0 Å². The third-order valence-corrected chi connectivity index (χ3v) is 4.80. The Balaban J connectivity index is 1.95. The molecule has 2 atom stereocenters. The van der Waals surface area contributed by atoms with Gasteiger partial charge in [-0.05, 0) is 56.7 Å². The normalized spacial score (nSPS) is 22.6. The van der Waals surface area contributed by atoms with Crippen molar-refractivity contribution in [3.05, 3.63) is 29.8 Å². The molecule has 20 heavy (non-hydrogen) atoms. The number of rotatable bonds is 4. The molecule has 3 nitrogen and oxygen atoms in total. The van der Waals surface area contributed by atoms with Crippen LogP contribution in [0.2, 0.25) is 0 Å². The molecule has 0 radical (unpaired) electrons. The summed E-state index contributed by atoms with van der Waals surface area (Å²) in [6.07, 6.45) is 2.40. The molecule has 1 saturated heterocycles. The number of nitrogens with one attached hydrogen (secondary N) is 1. The molecule has 2 rings (SSSR count). The number of hydrogen-bond donors (Lipinski definition) is 1. The van der Waals surface area contributed by atoms with Crippen LogP contribution in [0.25, 0.3) is 0 Å². The molecule has 1 fully saturated rings. The standard InChI is InChI=1S/C16H23NO2S/c1-11(2)19-16(18)13-6-8-14(9-7-13)17-15-5-4-10-20-12(15)3/h6-9,11-12,15,17H,4-5,10H2,1-3H3. The molecule has 1 heterocycles. The van der Waals surface area contributed by atoms with Gasteiger partial charge in [0.1, 0.15) is 0 Å². The molecule has 0 spiro atoms. The Morgan fingerprint density at radius 2 is 2.05 bits per heavy atom. The average molecular weight is 293 g/mol. The minimum atomic E-state index is -0.256. The van der Waals surface area contributed by atoms with Crippen LogP contribution in [0.4, 0.5) is 5.69 Å². The topological polar surface area (TPSA) is 38.3 Å². The predicted molar refractivity (Wildman–Crippen MR) is 85.6 cm³/mol. The number of ether oxygens (including phenoxy) is 1. The zero-order chi connectivity index (χ0) is 14.5. The van der Waals surface area contributed by atoms with Crippen LogP contribution < -0.4 is 5.32 Å². The first-order valence-electron chi connectivity index (χ1n) is 7.25. The monoisotopic (exact) mass is 293 g/mol. The number of anilines is 1. The Kier molecular flexibility index (Phi) is 5.35. The smallest absolute Gasteiger partial charge is 0.338 e. The summed E-state index contributed by atoms with van der Waals surface area (Å²) in [4.78, 5) is 11.8. The van der Waals surface area contributed by atoms with E-state index in [0.717, 1.165) is 5.69 Å². The maximum Gasteiger partial charge on any atom is 0.338 e. The molecule has 4 heteroatoms. The average Bonchev–Trinajstić information content (AvgIpc) is 2.41. The summed E-state index contributed by atoms with van der Waals surface area (Å²) in [5, 5.41) is 4.20. The fourth-order valence-corrected chi connectivity index (χ4v) is 3.45. The van der Waals surface area contributed by atoms with E-state index in [9.17, 15) is 4.79 Å². The first-order valence-corrected chi connectivity index (χ1v) is 8.30. The largest absolute Gasteiger partial charge is 0.459 e. The summed E-state index contributed by atoms with van der Waals surface area (Å²) in [5.41, 5.74) is 1.68. The number of carbonyl (C=O) groups excluding carboxylic acids is 1. The van der Waals surface area contributed by atoms with Gasteiger partial charge in [-0.15, -0.1) is 0 Å². The van der Waals surface area contributed by atoms with Gasteiger partial charge in [-0.2, -0.15) is 11.8 Å². The molecule has 1 aliphatic heterocycles. The van der Waals surface area contributed by atoms with E-state index in [0.29, 0.717) is 16.9 Å². The van der Waals surface area contributed by atoms with E-state index in [1.54, 1.807) is 0 Å². The van der Waals surface area contributed by atoms with Crippen LogP contribution >= 0.6 is 11.8 Å². The van der Waals surface area contributed by atoms with Crippen LogP contribution in [-0.4, -0.2) is 29.1 Å². The zero-order valence-electron chi connectivity index (χ0n) is 12.4. The van der Waals surface area contributed by atoms with Gasteiger partial charge in [-0.25, -0.2) is 4.79 Å². The highest BCUT2D eigenvalue weighted by molar-refractivity contribution is 8.00. The van der Waals surface area contributed by atoms with Gasteiger partial charge >= 0.3 is 5.97 Å². The van der Waals surface area contributed by atoms with Crippen LogP contribution in [0.3, 0.4) is 0 Å². The van der Waals surface area contributed by atoms with E-state index in [-0.39, 0.29) is 12.1 Å². The quantitative estimate of drug-likeness (QED) is 0.853.